The first-order valence-corrected chi connectivity index (χ1v) is 7.21. The SMILES string of the molecule is CC(C)(C)c1csc(NN=Cc2ccc(Cl)cc2)n1. The van der Waals surface area contributed by atoms with Crippen molar-refractivity contribution in [3.8, 4) is 0 Å². The van der Waals surface area contributed by atoms with Crippen LogP contribution in [0.3, 0.4) is 0 Å². The Hall–Kier alpha value is -1.39. The maximum Gasteiger partial charge on any atom is 0.203 e. The average Bonchev–Trinajstić information content (AvgIpc) is 2.80. The fourth-order valence-electron chi connectivity index (χ4n) is 1.38. The molecule has 0 fully saturated rings. The van der Waals surface area contributed by atoms with Crippen LogP contribution in [0.2, 0.25) is 5.02 Å². The molecule has 0 spiro atoms. The smallest absolute Gasteiger partial charge is 0.203 e. The van der Waals surface area contributed by atoms with E-state index in [1.165, 1.54) is 0 Å². The Bertz CT molecular complexity index is 567. The van der Waals surface area contributed by atoms with E-state index in [1.54, 1.807) is 17.6 Å². The number of thiazole rings is 1. The molecule has 100 valence electrons. The molecule has 0 aliphatic carbocycles. The molecule has 5 heteroatoms. The highest BCUT2D eigenvalue weighted by molar-refractivity contribution is 7.13. The van der Waals surface area contributed by atoms with Crippen LogP contribution in [0.25, 0.3) is 0 Å². The molecule has 1 N–H and O–H groups in total. The lowest BCUT2D eigenvalue weighted by molar-refractivity contribution is 0.573. The highest BCUT2D eigenvalue weighted by Gasteiger charge is 2.17. The third-order valence-electron chi connectivity index (χ3n) is 2.52. The van der Waals surface area contributed by atoms with Crippen LogP contribution in [0.15, 0.2) is 34.7 Å². The molecule has 3 nitrogen and oxygen atoms in total. The lowest BCUT2D eigenvalue weighted by atomic mass is 9.93. The summed E-state index contributed by atoms with van der Waals surface area (Å²) in [6, 6.07) is 7.50. The van der Waals surface area contributed by atoms with Gasteiger partial charge >= 0.3 is 0 Å². The molecule has 1 aromatic heterocycles. The molecular weight excluding hydrogens is 278 g/mol. The van der Waals surface area contributed by atoms with Crippen LogP contribution in [0, 0.1) is 0 Å². The highest BCUT2D eigenvalue weighted by Crippen LogP contribution is 2.26. The number of anilines is 1. The van der Waals surface area contributed by atoms with Gasteiger partial charge in [0.1, 0.15) is 0 Å². The number of nitrogens with one attached hydrogen (secondary N) is 1. The average molecular weight is 294 g/mol. The number of hydrazone groups is 1. The van der Waals surface area contributed by atoms with Gasteiger partial charge in [-0.3, -0.25) is 5.43 Å². The maximum absolute atomic E-state index is 5.82. The Kier molecular flexibility index (Phi) is 4.22. The minimum atomic E-state index is 0.0658. The first-order chi connectivity index (χ1) is 8.95. The highest BCUT2D eigenvalue weighted by atomic mass is 35.5. The van der Waals surface area contributed by atoms with Crippen molar-refractivity contribution >= 4 is 34.3 Å². The number of nitrogens with zero attached hydrogens (tertiary/aromatic N) is 2. The van der Waals surface area contributed by atoms with Crippen molar-refractivity contribution in [1.82, 2.24) is 4.98 Å². The normalized spacial score (nSPS) is 12.0. The van der Waals surface area contributed by atoms with Crippen molar-refractivity contribution in [2.45, 2.75) is 26.2 Å². The van der Waals surface area contributed by atoms with Gasteiger partial charge in [-0.15, -0.1) is 11.3 Å². The third-order valence-corrected chi connectivity index (χ3v) is 3.52. The van der Waals surface area contributed by atoms with E-state index in [2.05, 4.69) is 41.7 Å². The summed E-state index contributed by atoms with van der Waals surface area (Å²) in [7, 11) is 0. The van der Waals surface area contributed by atoms with E-state index >= 15 is 0 Å². The number of aromatic nitrogens is 1. The summed E-state index contributed by atoms with van der Waals surface area (Å²) in [5, 5.41) is 7.75. The third kappa shape index (κ3) is 4.04. The Labute approximate surface area is 122 Å². The van der Waals surface area contributed by atoms with Crippen molar-refractivity contribution in [2.24, 2.45) is 5.10 Å². The fourth-order valence-corrected chi connectivity index (χ4v) is 2.39. The molecule has 0 radical (unpaired) electrons. The van der Waals surface area contributed by atoms with Gasteiger partial charge in [0.15, 0.2) is 0 Å². The van der Waals surface area contributed by atoms with Crippen LogP contribution in [0.5, 0.6) is 0 Å². The molecule has 0 atom stereocenters. The zero-order valence-corrected chi connectivity index (χ0v) is 12.7. The minimum absolute atomic E-state index is 0.0658. The van der Waals surface area contributed by atoms with Crippen LogP contribution in [-0.4, -0.2) is 11.2 Å². The summed E-state index contributed by atoms with van der Waals surface area (Å²) in [4.78, 5) is 4.50. The standard InChI is InChI=1S/C14H16ClN3S/c1-14(2,3)12-9-19-13(17-12)18-16-8-10-4-6-11(15)7-5-10/h4-9H,1-3H3,(H,17,18). The second-order valence-corrected chi connectivity index (χ2v) is 6.50. The first-order valence-electron chi connectivity index (χ1n) is 5.96. The summed E-state index contributed by atoms with van der Waals surface area (Å²) in [6.07, 6.45) is 1.74. The summed E-state index contributed by atoms with van der Waals surface area (Å²) < 4.78 is 0. The number of rotatable bonds is 3. The Morgan fingerprint density at radius 1 is 1.26 bits per heavy atom. The van der Waals surface area contributed by atoms with E-state index in [9.17, 15) is 0 Å². The molecular formula is C14H16ClN3S. The Morgan fingerprint density at radius 3 is 2.53 bits per heavy atom. The molecule has 0 aliphatic rings. The quantitative estimate of drug-likeness (QED) is 0.666. The molecule has 1 heterocycles. The number of hydrogen-bond donors (Lipinski definition) is 1. The number of benzene rings is 1. The van der Waals surface area contributed by atoms with Crippen molar-refractivity contribution in [2.75, 3.05) is 5.43 Å². The molecule has 0 saturated heterocycles. The van der Waals surface area contributed by atoms with E-state index in [0.29, 0.717) is 0 Å². The zero-order valence-electron chi connectivity index (χ0n) is 11.1. The molecule has 0 aliphatic heterocycles. The largest absolute Gasteiger partial charge is 0.253 e. The summed E-state index contributed by atoms with van der Waals surface area (Å²) in [5.41, 5.74) is 5.07. The van der Waals surface area contributed by atoms with Crippen molar-refractivity contribution in [3.05, 3.63) is 45.9 Å². The predicted octanol–water partition coefficient (Wildman–Crippen LogP) is 4.54. The van der Waals surface area contributed by atoms with Gasteiger partial charge in [0.2, 0.25) is 5.13 Å². The number of hydrogen-bond acceptors (Lipinski definition) is 4. The van der Waals surface area contributed by atoms with Crippen molar-refractivity contribution in [1.29, 1.82) is 0 Å². The van der Waals surface area contributed by atoms with Crippen LogP contribution >= 0.6 is 22.9 Å². The van der Waals surface area contributed by atoms with Gasteiger partial charge in [0.05, 0.1) is 11.9 Å². The second-order valence-electron chi connectivity index (χ2n) is 5.21. The topological polar surface area (TPSA) is 37.3 Å². The van der Waals surface area contributed by atoms with E-state index < -0.39 is 0 Å². The lowest BCUT2D eigenvalue weighted by Crippen LogP contribution is -2.11. The minimum Gasteiger partial charge on any atom is -0.253 e. The van der Waals surface area contributed by atoms with Crippen molar-refractivity contribution in [3.63, 3.8) is 0 Å². The molecule has 0 unspecified atom stereocenters. The Balaban J connectivity index is 1.99. The lowest BCUT2D eigenvalue weighted by Gasteiger charge is -2.13. The van der Waals surface area contributed by atoms with Crippen LogP contribution in [-0.2, 0) is 5.41 Å². The van der Waals surface area contributed by atoms with E-state index in [0.717, 1.165) is 21.4 Å². The molecule has 2 aromatic rings. The van der Waals surface area contributed by atoms with Crippen LogP contribution < -0.4 is 5.43 Å². The molecule has 0 amide bonds. The Morgan fingerprint density at radius 2 is 1.95 bits per heavy atom. The molecule has 0 saturated carbocycles. The molecule has 1 aromatic carbocycles. The summed E-state index contributed by atoms with van der Waals surface area (Å²) in [5.74, 6) is 0. The maximum atomic E-state index is 5.82. The van der Waals surface area contributed by atoms with Gasteiger partial charge in [0.25, 0.3) is 0 Å². The van der Waals surface area contributed by atoms with Crippen molar-refractivity contribution < 1.29 is 0 Å². The predicted molar refractivity (Wildman–Crippen MR) is 83.5 cm³/mol. The molecule has 0 bridgehead atoms. The van der Waals surface area contributed by atoms with Gasteiger partial charge < -0.3 is 0 Å². The van der Waals surface area contributed by atoms with E-state index in [-0.39, 0.29) is 5.41 Å². The van der Waals surface area contributed by atoms with Gasteiger partial charge in [-0.05, 0) is 17.7 Å². The molecule has 2 rings (SSSR count). The van der Waals surface area contributed by atoms with Gasteiger partial charge in [0, 0.05) is 15.8 Å². The van der Waals surface area contributed by atoms with Gasteiger partial charge in [-0.1, -0.05) is 44.5 Å². The monoisotopic (exact) mass is 293 g/mol. The summed E-state index contributed by atoms with van der Waals surface area (Å²) in [6.45, 7) is 6.43. The summed E-state index contributed by atoms with van der Waals surface area (Å²) >= 11 is 7.38. The van der Waals surface area contributed by atoms with Crippen LogP contribution in [0.1, 0.15) is 32.0 Å². The first kappa shape index (κ1) is 14.0. The van der Waals surface area contributed by atoms with Gasteiger partial charge in [-0.25, -0.2) is 4.98 Å². The van der Waals surface area contributed by atoms with E-state index in [1.807, 2.05) is 24.3 Å². The zero-order chi connectivity index (χ0) is 13.9. The van der Waals surface area contributed by atoms with E-state index in [4.69, 9.17) is 11.6 Å². The fraction of sp³-hybridized carbons (Fsp3) is 0.286. The second kappa shape index (κ2) is 5.72. The number of halogens is 1. The van der Waals surface area contributed by atoms with Gasteiger partial charge in [-0.2, -0.15) is 5.10 Å². The van der Waals surface area contributed by atoms with Crippen LogP contribution in [0.4, 0.5) is 5.13 Å². The molecule has 19 heavy (non-hydrogen) atoms.